The van der Waals surface area contributed by atoms with Gasteiger partial charge in [0.25, 0.3) is 5.91 Å². The third-order valence-electron chi connectivity index (χ3n) is 4.10. The second kappa shape index (κ2) is 7.63. The minimum atomic E-state index is -0.512. The van der Waals surface area contributed by atoms with Crippen LogP contribution in [-0.2, 0) is 11.8 Å². The topological polar surface area (TPSA) is 73.2 Å². The predicted molar refractivity (Wildman–Crippen MR) is 104 cm³/mol. The maximum Gasteiger partial charge on any atom is 0.337 e. The number of rotatable bonds is 4. The van der Waals surface area contributed by atoms with Crippen molar-refractivity contribution < 1.29 is 14.3 Å². The number of aryl methyl sites for hydroxylation is 2. The van der Waals surface area contributed by atoms with Crippen LogP contribution in [0.2, 0.25) is 5.02 Å². The Morgan fingerprint density at radius 2 is 1.81 bits per heavy atom. The number of hydrogen-bond donors (Lipinski definition) is 1. The number of anilines is 1. The fraction of sp³-hybridized carbons (Fsp3) is 0.150. The van der Waals surface area contributed by atoms with Crippen LogP contribution in [0.5, 0.6) is 0 Å². The molecule has 1 N–H and O–H groups in total. The van der Waals surface area contributed by atoms with Gasteiger partial charge in [0.1, 0.15) is 0 Å². The molecule has 3 aromatic rings. The number of carbonyl (C=O) groups excluding carboxylic acids is 2. The zero-order valence-corrected chi connectivity index (χ0v) is 15.9. The van der Waals surface area contributed by atoms with Crippen LogP contribution in [0.3, 0.4) is 0 Å². The Hall–Kier alpha value is -3.12. The first-order chi connectivity index (χ1) is 12.9. The monoisotopic (exact) mass is 383 g/mol. The summed E-state index contributed by atoms with van der Waals surface area (Å²) in [6, 6.07) is 14.2. The molecule has 0 unspecified atom stereocenters. The largest absolute Gasteiger partial charge is 0.465 e. The van der Waals surface area contributed by atoms with Crippen LogP contribution in [0.25, 0.3) is 11.3 Å². The van der Waals surface area contributed by atoms with Crippen molar-refractivity contribution in [1.29, 1.82) is 0 Å². The van der Waals surface area contributed by atoms with Crippen LogP contribution in [-0.4, -0.2) is 28.8 Å². The Morgan fingerprint density at radius 1 is 1.11 bits per heavy atom. The number of amides is 1. The number of carbonyl (C=O) groups is 2. The molecule has 1 heterocycles. The van der Waals surface area contributed by atoms with Gasteiger partial charge in [0, 0.05) is 7.05 Å². The van der Waals surface area contributed by atoms with Gasteiger partial charge in [-0.3, -0.25) is 9.48 Å². The molecule has 1 amide bonds. The molecule has 0 saturated heterocycles. The van der Waals surface area contributed by atoms with Gasteiger partial charge >= 0.3 is 5.97 Å². The number of nitrogens with zero attached hydrogens (tertiary/aromatic N) is 2. The van der Waals surface area contributed by atoms with Gasteiger partial charge in [0.15, 0.2) is 5.69 Å². The van der Waals surface area contributed by atoms with E-state index in [2.05, 4.69) is 15.2 Å². The summed E-state index contributed by atoms with van der Waals surface area (Å²) in [6.07, 6.45) is 0. The molecule has 0 aliphatic rings. The summed E-state index contributed by atoms with van der Waals surface area (Å²) in [7, 11) is 3.06. The molecule has 0 bridgehead atoms. The van der Waals surface area contributed by atoms with E-state index >= 15 is 0 Å². The van der Waals surface area contributed by atoms with Gasteiger partial charge in [-0.2, -0.15) is 5.10 Å². The van der Waals surface area contributed by atoms with Crippen molar-refractivity contribution in [1.82, 2.24) is 9.78 Å². The van der Waals surface area contributed by atoms with Gasteiger partial charge in [-0.25, -0.2) is 4.79 Å². The molecule has 0 fully saturated rings. The lowest BCUT2D eigenvalue weighted by atomic mass is 10.1. The molecular weight excluding hydrogens is 366 g/mol. The zero-order chi connectivity index (χ0) is 19.6. The number of hydrogen-bond acceptors (Lipinski definition) is 4. The summed E-state index contributed by atoms with van der Waals surface area (Å²) < 4.78 is 6.33. The van der Waals surface area contributed by atoms with Crippen LogP contribution in [0, 0.1) is 6.92 Å². The molecule has 7 heteroatoms. The van der Waals surface area contributed by atoms with Gasteiger partial charge in [-0.05, 0) is 36.8 Å². The van der Waals surface area contributed by atoms with E-state index in [4.69, 9.17) is 11.6 Å². The molecule has 0 radical (unpaired) electrons. The number of esters is 1. The minimum Gasteiger partial charge on any atom is -0.465 e. The van der Waals surface area contributed by atoms with Crippen molar-refractivity contribution in [2.45, 2.75) is 6.92 Å². The van der Waals surface area contributed by atoms with Gasteiger partial charge in [0.2, 0.25) is 0 Å². The summed E-state index contributed by atoms with van der Waals surface area (Å²) in [5, 5.41) is 7.28. The smallest absolute Gasteiger partial charge is 0.337 e. The number of halogens is 1. The quantitative estimate of drug-likeness (QED) is 0.689. The molecule has 0 aliphatic heterocycles. The number of nitrogens with one attached hydrogen (secondary N) is 1. The highest BCUT2D eigenvalue weighted by Gasteiger charge is 2.16. The maximum absolute atomic E-state index is 12.6. The molecule has 2 aromatic carbocycles. The number of methoxy groups -OCH3 is 1. The molecule has 138 valence electrons. The van der Waals surface area contributed by atoms with Crippen LogP contribution in [0.4, 0.5) is 5.69 Å². The number of ether oxygens (including phenoxy) is 1. The zero-order valence-electron chi connectivity index (χ0n) is 15.1. The summed E-state index contributed by atoms with van der Waals surface area (Å²) in [5.74, 6) is -0.936. The summed E-state index contributed by atoms with van der Waals surface area (Å²) in [5.41, 5.74) is 3.77. The highest BCUT2D eigenvalue weighted by Crippen LogP contribution is 2.25. The molecule has 0 saturated carbocycles. The van der Waals surface area contributed by atoms with Crippen molar-refractivity contribution >= 4 is 29.2 Å². The fourth-order valence-electron chi connectivity index (χ4n) is 2.62. The highest BCUT2D eigenvalue weighted by molar-refractivity contribution is 6.34. The Morgan fingerprint density at radius 3 is 2.48 bits per heavy atom. The van der Waals surface area contributed by atoms with Crippen LogP contribution < -0.4 is 5.32 Å². The van der Waals surface area contributed by atoms with Gasteiger partial charge < -0.3 is 10.1 Å². The fourth-order valence-corrected chi connectivity index (χ4v) is 2.79. The standard InChI is InChI=1S/C20H18ClN3O3/c1-12-4-6-13(7-5-12)18-11-17(23-24(18)2)19(25)22-16-10-14(20(26)27-3)8-9-15(16)21/h4-11H,1-3H3,(H,22,25). The molecular formula is C20H18ClN3O3. The van der Waals surface area contributed by atoms with Crippen LogP contribution in [0.1, 0.15) is 26.4 Å². The number of aromatic nitrogens is 2. The van der Waals surface area contributed by atoms with E-state index in [1.807, 2.05) is 31.2 Å². The van der Waals surface area contributed by atoms with Crippen LogP contribution in [0.15, 0.2) is 48.5 Å². The average molecular weight is 384 g/mol. The normalized spacial score (nSPS) is 10.5. The summed E-state index contributed by atoms with van der Waals surface area (Å²) in [4.78, 5) is 24.3. The third kappa shape index (κ3) is 4.01. The maximum atomic E-state index is 12.6. The first-order valence-corrected chi connectivity index (χ1v) is 8.57. The van der Waals surface area contributed by atoms with Crippen molar-refractivity contribution in [2.75, 3.05) is 12.4 Å². The first-order valence-electron chi connectivity index (χ1n) is 8.19. The molecule has 3 rings (SSSR count). The molecule has 0 aliphatic carbocycles. The lowest BCUT2D eigenvalue weighted by Gasteiger charge is -2.07. The first kappa shape index (κ1) is 18.7. The van der Waals surface area contributed by atoms with Gasteiger partial charge in [-0.15, -0.1) is 0 Å². The second-order valence-corrected chi connectivity index (χ2v) is 6.45. The Balaban J connectivity index is 1.86. The van der Waals surface area contributed by atoms with Crippen LogP contribution >= 0.6 is 11.6 Å². The molecule has 1 aromatic heterocycles. The van der Waals surface area contributed by atoms with E-state index in [1.54, 1.807) is 17.8 Å². The van der Waals surface area contributed by atoms with E-state index < -0.39 is 11.9 Å². The predicted octanol–water partition coefficient (Wildman–Crippen LogP) is 4.09. The molecule has 0 spiro atoms. The minimum absolute atomic E-state index is 0.243. The highest BCUT2D eigenvalue weighted by atomic mass is 35.5. The van der Waals surface area contributed by atoms with E-state index in [9.17, 15) is 9.59 Å². The lowest BCUT2D eigenvalue weighted by molar-refractivity contribution is 0.0600. The Labute approximate surface area is 161 Å². The van der Waals surface area contributed by atoms with Gasteiger partial charge in [-0.1, -0.05) is 41.4 Å². The molecule has 0 atom stereocenters. The van der Waals surface area contributed by atoms with E-state index in [0.29, 0.717) is 16.3 Å². The SMILES string of the molecule is COC(=O)c1ccc(Cl)c(NC(=O)c2cc(-c3ccc(C)cc3)n(C)n2)c1. The van der Waals surface area contributed by atoms with Crippen molar-refractivity contribution in [3.8, 4) is 11.3 Å². The van der Waals surface area contributed by atoms with E-state index in [0.717, 1.165) is 16.8 Å². The Bertz CT molecular complexity index is 1010. The summed E-state index contributed by atoms with van der Waals surface area (Å²) in [6.45, 7) is 2.01. The average Bonchev–Trinajstić information content (AvgIpc) is 3.05. The second-order valence-electron chi connectivity index (χ2n) is 6.04. The van der Waals surface area contributed by atoms with E-state index in [1.165, 1.54) is 25.3 Å². The van der Waals surface area contributed by atoms with Crippen molar-refractivity contribution in [3.05, 3.63) is 70.4 Å². The summed E-state index contributed by atoms with van der Waals surface area (Å²) >= 11 is 6.13. The number of benzene rings is 2. The molecule has 27 heavy (non-hydrogen) atoms. The van der Waals surface area contributed by atoms with Crippen molar-refractivity contribution in [3.63, 3.8) is 0 Å². The van der Waals surface area contributed by atoms with E-state index in [-0.39, 0.29) is 5.69 Å². The Kier molecular flexibility index (Phi) is 5.28. The van der Waals surface area contributed by atoms with Crippen molar-refractivity contribution in [2.24, 2.45) is 7.05 Å². The molecule has 6 nitrogen and oxygen atoms in total. The third-order valence-corrected chi connectivity index (χ3v) is 4.43. The lowest BCUT2D eigenvalue weighted by Crippen LogP contribution is -2.14. The van der Waals surface area contributed by atoms with Gasteiger partial charge in [0.05, 0.1) is 29.1 Å².